The van der Waals surface area contributed by atoms with Crippen molar-refractivity contribution in [2.45, 2.75) is 6.92 Å². The second kappa shape index (κ2) is 5.48. The fourth-order valence-corrected chi connectivity index (χ4v) is 1.60. The molecule has 1 aromatic heterocycles. The lowest BCUT2D eigenvalue weighted by Crippen LogP contribution is -2.14. The fourth-order valence-electron chi connectivity index (χ4n) is 1.60. The topological polar surface area (TPSA) is 79.3 Å². The minimum absolute atomic E-state index is 0.0364. The second-order valence-corrected chi connectivity index (χ2v) is 4.17. The molecule has 0 bridgehead atoms. The van der Waals surface area contributed by atoms with E-state index in [-0.39, 0.29) is 16.9 Å². The molecule has 1 amide bonds. The van der Waals surface area contributed by atoms with E-state index in [1.807, 2.05) is 0 Å². The smallest absolute Gasteiger partial charge is 0.354 e. The highest BCUT2D eigenvalue weighted by molar-refractivity contribution is 6.05. The van der Waals surface area contributed by atoms with Crippen molar-refractivity contribution >= 4 is 17.6 Å². The summed E-state index contributed by atoms with van der Waals surface area (Å²) in [6.45, 7) is 1.73. The molecule has 0 saturated carbocycles. The van der Waals surface area contributed by atoms with Crippen molar-refractivity contribution in [3.05, 3.63) is 59.2 Å². The molecular formula is C14H11FN2O3. The largest absolute Gasteiger partial charge is 0.477 e. The monoisotopic (exact) mass is 274 g/mol. The van der Waals surface area contributed by atoms with E-state index in [2.05, 4.69) is 10.3 Å². The first-order valence-electron chi connectivity index (χ1n) is 5.74. The van der Waals surface area contributed by atoms with E-state index >= 15 is 0 Å². The number of hydrogen-bond donors (Lipinski definition) is 2. The van der Waals surface area contributed by atoms with E-state index in [1.54, 1.807) is 13.0 Å². The van der Waals surface area contributed by atoms with Gasteiger partial charge in [-0.05, 0) is 36.8 Å². The van der Waals surface area contributed by atoms with Crippen LogP contribution in [-0.2, 0) is 0 Å². The van der Waals surface area contributed by atoms with Crippen LogP contribution in [0.25, 0.3) is 0 Å². The third kappa shape index (κ3) is 2.97. The number of rotatable bonds is 3. The zero-order valence-corrected chi connectivity index (χ0v) is 10.6. The molecule has 0 spiro atoms. The predicted molar refractivity (Wildman–Crippen MR) is 70.3 cm³/mol. The van der Waals surface area contributed by atoms with Gasteiger partial charge in [-0.15, -0.1) is 0 Å². The van der Waals surface area contributed by atoms with Gasteiger partial charge in [-0.3, -0.25) is 4.79 Å². The van der Waals surface area contributed by atoms with Gasteiger partial charge < -0.3 is 10.4 Å². The van der Waals surface area contributed by atoms with E-state index in [1.165, 1.54) is 24.4 Å². The van der Waals surface area contributed by atoms with Crippen molar-refractivity contribution in [3.8, 4) is 0 Å². The normalized spacial score (nSPS) is 10.1. The first-order chi connectivity index (χ1) is 9.47. The molecule has 102 valence electrons. The SMILES string of the molecule is Cc1ccc(NC(=O)c2ccnc(C(=O)O)c2)c(F)c1. The lowest BCUT2D eigenvalue weighted by Gasteiger charge is -2.07. The number of pyridine rings is 1. The van der Waals surface area contributed by atoms with Gasteiger partial charge in [-0.25, -0.2) is 14.2 Å². The van der Waals surface area contributed by atoms with Gasteiger partial charge in [0.2, 0.25) is 0 Å². The molecule has 0 saturated heterocycles. The lowest BCUT2D eigenvalue weighted by molar-refractivity contribution is 0.0690. The van der Waals surface area contributed by atoms with Crippen LogP contribution in [0, 0.1) is 12.7 Å². The fraction of sp³-hybridized carbons (Fsp3) is 0.0714. The van der Waals surface area contributed by atoms with Gasteiger partial charge in [0, 0.05) is 11.8 Å². The Bertz CT molecular complexity index is 686. The van der Waals surface area contributed by atoms with Crippen LogP contribution in [0.5, 0.6) is 0 Å². The predicted octanol–water partition coefficient (Wildman–Crippen LogP) is 2.48. The second-order valence-electron chi connectivity index (χ2n) is 4.17. The molecule has 6 heteroatoms. The zero-order chi connectivity index (χ0) is 14.7. The number of amides is 1. The van der Waals surface area contributed by atoms with Crippen molar-refractivity contribution in [1.82, 2.24) is 4.98 Å². The van der Waals surface area contributed by atoms with Crippen LogP contribution < -0.4 is 5.32 Å². The van der Waals surface area contributed by atoms with Crippen LogP contribution in [0.1, 0.15) is 26.4 Å². The Morgan fingerprint density at radius 1 is 1.25 bits per heavy atom. The number of anilines is 1. The zero-order valence-electron chi connectivity index (χ0n) is 10.6. The molecule has 2 rings (SSSR count). The molecule has 20 heavy (non-hydrogen) atoms. The molecular weight excluding hydrogens is 263 g/mol. The average Bonchev–Trinajstić information content (AvgIpc) is 2.42. The number of halogens is 1. The maximum atomic E-state index is 13.6. The van der Waals surface area contributed by atoms with Gasteiger partial charge in [0.05, 0.1) is 5.69 Å². The highest BCUT2D eigenvalue weighted by Gasteiger charge is 2.12. The van der Waals surface area contributed by atoms with Crippen molar-refractivity contribution in [2.75, 3.05) is 5.32 Å². The van der Waals surface area contributed by atoms with Crippen LogP contribution in [0.15, 0.2) is 36.5 Å². The summed E-state index contributed by atoms with van der Waals surface area (Å²) >= 11 is 0. The molecule has 0 aliphatic heterocycles. The number of carbonyl (C=O) groups is 2. The van der Waals surface area contributed by atoms with Gasteiger partial charge in [-0.2, -0.15) is 0 Å². The van der Waals surface area contributed by atoms with E-state index < -0.39 is 17.7 Å². The van der Waals surface area contributed by atoms with E-state index in [9.17, 15) is 14.0 Å². The number of aryl methyl sites for hydroxylation is 1. The minimum Gasteiger partial charge on any atom is -0.477 e. The molecule has 0 aliphatic carbocycles. The highest BCUT2D eigenvalue weighted by Crippen LogP contribution is 2.16. The number of carbonyl (C=O) groups excluding carboxylic acids is 1. The Hall–Kier alpha value is -2.76. The average molecular weight is 274 g/mol. The third-order valence-corrected chi connectivity index (χ3v) is 2.61. The van der Waals surface area contributed by atoms with Crippen LogP contribution in [-0.4, -0.2) is 22.0 Å². The van der Waals surface area contributed by atoms with Crippen molar-refractivity contribution < 1.29 is 19.1 Å². The summed E-state index contributed by atoms with van der Waals surface area (Å²) in [6.07, 6.45) is 1.21. The summed E-state index contributed by atoms with van der Waals surface area (Å²) in [5, 5.41) is 11.2. The maximum Gasteiger partial charge on any atom is 0.354 e. The number of hydrogen-bond acceptors (Lipinski definition) is 3. The Morgan fingerprint density at radius 2 is 2.00 bits per heavy atom. The van der Waals surface area contributed by atoms with E-state index in [4.69, 9.17) is 5.11 Å². The molecule has 0 fully saturated rings. The van der Waals surface area contributed by atoms with Gasteiger partial charge in [-0.1, -0.05) is 6.07 Å². The minimum atomic E-state index is -1.24. The summed E-state index contributed by atoms with van der Waals surface area (Å²) in [6, 6.07) is 6.89. The first kappa shape index (κ1) is 13.7. The van der Waals surface area contributed by atoms with E-state index in [0.717, 1.165) is 11.6 Å². The molecule has 0 radical (unpaired) electrons. The van der Waals surface area contributed by atoms with Gasteiger partial charge >= 0.3 is 5.97 Å². The Balaban J connectivity index is 2.24. The summed E-state index contributed by atoms with van der Waals surface area (Å²) in [5.41, 5.74) is 0.617. The van der Waals surface area contributed by atoms with Crippen molar-refractivity contribution in [1.29, 1.82) is 0 Å². The number of carboxylic acids is 1. The quantitative estimate of drug-likeness (QED) is 0.901. The summed E-state index contributed by atoms with van der Waals surface area (Å²) < 4.78 is 13.6. The number of aromatic nitrogens is 1. The molecule has 1 heterocycles. The number of aromatic carboxylic acids is 1. The van der Waals surface area contributed by atoms with Crippen LogP contribution >= 0.6 is 0 Å². The summed E-state index contributed by atoms with van der Waals surface area (Å²) in [7, 11) is 0. The Kier molecular flexibility index (Phi) is 3.74. The Labute approximate surface area is 114 Å². The molecule has 0 unspecified atom stereocenters. The van der Waals surface area contributed by atoms with Crippen LogP contribution in [0.2, 0.25) is 0 Å². The van der Waals surface area contributed by atoms with Crippen molar-refractivity contribution in [3.63, 3.8) is 0 Å². The number of benzene rings is 1. The molecule has 5 nitrogen and oxygen atoms in total. The standard InChI is InChI=1S/C14H11FN2O3/c1-8-2-3-11(10(15)6-8)17-13(18)9-4-5-16-12(7-9)14(19)20/h2-7H,1H3,(H,17,18)(H,19,20). The summed E-state index contributed by atoms with van der Waals surface area (Å²) in [5.74, 6) is -2.38. The molecule has 0 aliphatic rings. The summed E-state index contributed by atoms with van der Waals surface area (Å²) in [4.78, 5) is 26.3. The van der Waals surface area contributed by atoms with Crippen molar-refractivity contribution in [2.24, 2.45) is 0 Å². The molecule has 1 aromatic carbocycles. The molecule has 0 atom stereocenters. The van der Waals surface area contributed by atoms with Crippen LogP contribution in [0.4, 0.5) is 10.1 Å². The molecule has 2 aromatic rings. The first-order valence-corrected chi connectivity index (χ1v) is 5.74. The van der Waals surface area contributed by atoms with Gasteiger partial charge in [0.15, 0.2) is 0 Å². The van der Waals surface area contributed by atoms with Crippen LogP contribution in [0.3, 0.4) is 0 Å². The highest BCUT2D eigenvalue weighted by atomic mass is 19.1. The van der Waals surface area contributed by atoms with Gasteiger partial charge in [0.1, 0.15) is 11.5 Å². The maximum absolute atomic E-state index is 13.6. The third-order valence-electron chi connectivity index (χ3n) is 2.61. The number of carboxylic acid groups (broad SMARTS) is 1. The van der Waals surface area contributed by atoms with Gasteiger partial charge in [0.25, 0.3) is 5.91 Å². The number of nitrogens with one attached hydrogen (secondary N) is 1. The Morgan fingerprint density at radius 3 is 2.65 bits per heavy atom. The van der Waals surface area contributed by atoms with E-state index in [0.29, 0.717) is 0 Å². The molecule has 2 N–H and O–H groups in total. The lowest BCUT2D eigenvalue weighted by atomic mass is 10.2. The number of nitrogens with zero attached hydrogens (tertiary/aromatic N) is 1.